The summed E-state index contributed by atoms with van der Waals surface area (Å²) in [5.74, 6) is -6.55. The van der Waals surface area contributed by atoms with Crippen LogP contribution in [0.4, 0.5) is 28.0 Å². The zero-order valence-electron chi connectivity index (χ0n) is 13.1. The van der Waals surface area contributed by atoms with Gasteiger partial charge < -0.3 is 4.74 Å². The molecule has 0 aliphatic carbocycles. The van der Waals surface area contributed by atoms with E-state index in [0.717, 1.165) is 7.05 Å². The number of benzene rings is 2. The smallest absolute Gasteiger partial charge is 0.414 e. The number of nitrogens with zero attached hydrogens (tertiary/aromatic N) is 1. The summed E-state index contributed by atoms with van der Waals surface area (Å²) in [7, 11) is 0.940. The van der Waals surface area contributed by atoms with Crippen molar-refractivity contribution in [1.82, 2.24) is 0 Å². The third kappa shape index (κ3) is 3.96. The van der Waals surface area contributed by atoms with Crippen LogP contribution in [-0.4, -0.2) is 19.7 Å². The first kappa shape index (κ1) is 18.9. The molecule has 0 saturated carbocycles. The van der Waals surface area contributed by atoms with Gasteiger partial charge in [-0.05, 0) is 12.1 Å². The number of hydrogen-bond donors (Lipinski definition) is 0. The van der Waals surface area contributed by atoms with Crippen LogP contribution >= 0.6 is 11.8 Å². The van der Waals surface area contributed by atoms with Gasteiger partial charge in [0.25, 0.3) is 0 Å². The van der Waals surface area contributed by atoms with E-state index in [9.17, 15) is 22.4 Å². The van der Waals surface area contributed by atoms with Gasteiger partial charge in [-0.2, -0.15) is 0 Å². The molecule has 0 heterocycles. The molecule has 2 rings (SSSR count). The van der Waals surface area contributed by atoms with Crippen molar-refractivity contribution in [3.63, 3.8) is 0 Å². The molecule has 0 fully saturated rings. The summed E-state index contributed by atoms with van der Waals surface area (Å²) < 4.78 is 61.7. The topological polar surface area (TPSA) is 29.5 Å². The Labute approximate surface area is 145 Å². The second-order valence-electron chi connectivity index (χ2n) is 4.77. The van der Waals surface area contributed by atoms with Gasteiger partial charge in [0.2, 0.25) is 0 Å². The van der Waals surface area contributed by atoms with Crippen molar-refractivity contribution in [3.05, 3.63) is 66.3 Å². The largest absolute Gasteiger partial charge is 0.445 e. The van der Waals surface area contributed by atoms with Gasteiger partial charge in [0.15, 0.2) is 23.3 Å². The lowest BCUT2D eigenvalue weighted by atomic mass is 10.2. The first-order chi connectivity index (χ1) is 11.9. The van der Waals surface area contributed by atoms with E-state index in [1.807, 2.05) is 0 Å². The number of amides is 1. The van der Waals surface area contributed by atoms with Crippen molar-refractivity contribution in [3.8, 4) is 0 Å². The van der Waals surface area contributed by atoms with E-state index in [-0.39, 0.29) is 6.61 Å². The van der Waals surface area contributed by atoms with Crippen LogP contribution in [0.25, 0.3) is 0 Å². The summed E-state index contributed by atoms with van der Waals surface area (Å²) in [6.45, 7) is 3.09. The van der Waals surface area contributed by atoms with E-state index in [4.69, 9.17) is 0 Å². The summed E-state index contributed by atoms with van der Waals surface area (Å²) in [6.07, 6.45) is 0.0547. The van der Waals surface area contributed by atoms with Gasteiger partial charge in [-0.25, -0.2) is 22.4 Å². The van der Waals surface area contributed by atoms with Crippen molar-refractivity contribution in [2.75, 3.05) is 18.6 Å². The highest BCUT2D eigenvalue weighted by atomic mass is 32.2. The minimum atomic E-state index is -1.68. The molecule has 0 spiro atoms. The second kappa shape index (κ2) is 8.06. The zero-order chi connectivity index (χ0) is 18.6. The Balaban J connectivity index is 2.45. The van der Waals surface area contributed by atoms with Crippen LogP contribution in [0.2, 0.25) is 0 Å². The Bertz CT molecular complexity index is 770. The first-order valence-electron chi connectivity index (χ1n) is 6.98. The molecule has 0 bridgehead atoms. The van der Waals surface area contributed by atoms with E-state index in [0.29, 0.717) is 21.6 Å². The lowest BCUT2D eigenvalue weighted by Crippen LogP contribution is -2.29. The fraction of sp³-hybridized carbons (Fsp3) is 0.118. The Morgan fingerprint density at radius 2 is 1.68 bits per heavy atom. The van der Waals surface area contributed by atoms with Crippen LogP contribution in [0.1, 0.15) is 0 Å². The van der Waals surface area contributed by atoms with Gasteiger partial charge in [0, 0.05) is 11.9 Å². The molecule has 0 saturated heterocycles. The highest BCUT2D eigenvalue weighted by Crippen LogP contribution is 2.38. The van der Waals surface area contributed by atoms with Gasteiger partial charge in [0.05, 0.1) is 4.90 Å². The molecule has 0 atom stereocenters. The number of rotatable bonds is 5. The third-order valence-corrected chi connectivity index (χ3v) is 4.17. The zero-order valence-corrected chi connectivity index (χ0v) is 13.9. The van der Waals surface area contributed by atoms with Crippen LogP contribution in [0.3, 0.4) is 0 Å². The van der Waals surface area contributed by atoms with Crippen molar-refractivity contribution in [1.29, 1.82) is 0 Å². The minimum absolute atomic E-state index is 0.223. The van der Waals surface area contributed by atoms with Crippen molar-refractivity contribution in [2.45, 2.75) is 9.79 Å². The Morgan fingerprint density at radius 1 is 1.12 bits per heavy atom. The highest BCUT2D eigenvalue weighted by Gasteiger charge is 2.30. The molecule has 3 nitrogen and oxygen atoms in total. The Hall–Kier alpha value is -2.48. The molecule has 0 radical (unpaired) electrons. The van der Waals surface area contributed by atoms with Crippen LogP contribution in [0.15, 0.2) is 52.8 Å². The summed E-state index contributed by atoms with van der Waals surface area (Å²) in [6, 6.07) is 7.98. The third-order valence-electron chi connectivity index (χ3n) is 3.10. The van der Waals surface area contributed by atoms with Gasteiger partial charge >= 0.3 is 6.09 Å². The SMILES string of the molecule is C=CCOC(=O)N(C)c1c(F)c(F)c(Sc2ccccc2)c(F)c1F. The quantitative estimate of drug-likeness (QED) is 0.413. The Kier molecular flexibility index (Phi) is 6.08. The summed E-state index contributed by atoms with van der Waals surface area (Å²) in [4.78, 5) is 11.6. The molecule has 0 N–H and O–H groups in total. The molecule has 0 aliphatic rings. The average molecular weight is 371 g/mol. The van der Waals surface area contributed by atoms with Gasteiger partial charge in [0.1, 0.15) is 12.3 Å². The predicted octanol–water partition coefficient (Wildman–Crippen LogP) is 5.15. The van der Waals surface area contributed by atoms with Crippen LogP contribution in [-0.2, 0) is 4.74 Å². The molecule has 8 heteroatoms. The van der Waals surface area contributed by atoms with Crippen LogP contribution < -0.4 is 4.90 Å². The maximum absolute atomic E-state index is 14.3. The summed E-state index contributed by atoms with van der Waals surface area (Å²) in [5.41, 5.74) is -1.17. The number of carbonyl (C=O) groups is 1. The molecule has 0 aromatic heterocycles. The molecule has 2 aromatic carbocycles. The predicted molar refractivity (Wildman–Crippen MR) is 86.8 cm³/mol. The molecule has 2 aromatic rings. The van der Waals surface area contributed by atoms with Gasteiger partial charge in [-0.3, -0.25) is 4.90 Å². The van der Waals surface area contributed by atoms with Gasteiger partial charge in [-0.1, -0.05) is 42.6 Å². The monoisotopic (exact) mass is 371 g/mol. The number of hydrogen-bond acceptors (Lipinski definition) is 3. The van der Waals surface area contributed by atoms with Crippen molar-refractivity contribution in [2.24, 2.45) is 0 Å². The standard InChI is InChI=1S/C17H13F4NO2S/c1-3-9-24-17(23)22(2)15-11(18)13(20)16(14(21)12(15)19)25-10-7-5-4-6-8-10/h3-8H,1,9H2,2H3. The lowest BCUT2D eigenvalue weighted by Gasteiger charge is -2.19. The fourth-order valence-electron chi connectivity index (χ4n) is 1.91. The number of anilines is 1. The van der Waals surface area contributed by atoms with E-state index in [1.165, 1.54) is 18.2 Å². The van der Waals surface area contributed by atoms with E-state index < -0.39 is 39.9 Å². The molecule has 0 unspecified atom stereocenters. The highest BCUT2D eigenvalue weighted by molar-refractivity contribution is 7.99. The average Bonchev–Trinajstić information content (AvgIpc) is 2.62. The second-order valence-corrected chi connectivity index (χ2v) is 5.86. The van der Waals surface area contributed by atoms with Crippen LogP contribution in [0, 0.1) is 23.3 Å². The molecule has 1 amide bonds. The summed E-state index contributed by atoms with van der Waals surface area (Å²) in [5, 5.41) is 0. The number of halogens is 4. The molecule has 132 valence electrons. The van der Waals surface area contributed by atoms with E-state index >= 15 is 0 Å². The van der Waals surface area contributed by atoms with Crippen molar-refractivity contribution < 1.29 is 27.1 Å². The van der Waals surface area contributed by atoms with Crippen LogP contribution in [0.5, 0.6) is 0 Å². The molecule has 0 aliphatic heterocycles. The lowest BCUT2D eigenvalue weighted by molar-refractivity contribution is 0.167. The maximum atomic E-state index is 14.3. The maximum Gasteiger partial charge on any atom is 0.414 e. The summed E-state index contributed by atoms with van der Waals surface area (Å²) >= 11 is 0.534. The van der Waals surface area contributed by atoms with Gasteiger partial charge in [-0.15, -0.1) is 0 Å². The first-order valence-corrected chi connectivity index (χ1v) is 7.80. The minimum Gasteiger partial charge on any atom is -0.445 e. The number of ether oxygens (including phenoxy) is 1. The molecular weight excluding hydrogens is 358 g/mol. The fourth-order valence-corrected chi connectivity index (χ4v) is 2.80. The Morgan fingerprint density at radius 3 is 2.20 bits per heavy atom. The molecule has 25 heavy (non-hydrogen) atoms. The molecular formula is C17H13F4NO2S. The number of carbonyl (C=O) groups excluding carboxylic acids is 1. The van der Waals surface area contributed by atoms with E-state index in [1.54, 1.807) is 18.2 Å². The van der Waals surface area contributed by atoms with E-state index in [2.05, 4.69) is 11.3 Å². The van der Waals surface area contributed by atoms with Crippen molar-refractivity contribution >= 4 is 23.5 Å². The normalized spacial score (nSPS) is 10.4.